The average molecular weight is 313 g/mol. The number of halogens is 1. The van der Waals surface area contributed by atoms with E-state index in [4.69, 9.17) is 4.74 Å². The number of ether oxygens (including phenoxy) is 1. The van der Waals surface area contributed by atoms with E-state index in [0.29, 0.717) is 17.4 Å². The lowest BCUT2D eigenvalue weighted by Crippen LogP contribution is -2.28. The van der Waals surface area contributed by atoms with Crippen molar-refractivity contribution in [2.45, 2.75) is 6.92 Å². The minimum atomic E-state index is 0.0219. The van der Waals surface area contributed by atoms with Crippen LogP contribution in [0, 0.1) is 11.8 Å². The van der Waals surface area contributed by atoms with E-state index in [1.54, 1.807) is 7.11 Å². The second-order valence-corrected chi connectivity index (χ2v) is 5.49. The van der Waals surface area contributed by atoms with E-state index >= 15 is 0 Å². The van der Waals surface area contributed by atoms with Crippen LogP contribution in [0.25, 0.3) is 0 Å². The third kappa shape index (κ3) is 2.84. The zero-order valence-corrected chi connectivity index (χ0v) is 12.1. The van der Waals surface area contributed by atoms with Crippen LogP contribution in [0.2, 0.25) is 0 Å². The topological polar surface area (TPSA) is 50.4 Å². The highest BCUT2D eigenvalue weighted by Crippen LogP contribution is 2.29. The summed E-state index contributed by atoms with van der Waals surface area (Å²) in [6.45, 7) is 3.72. The smallest absolute Gasteiger partial charge is 0.229 e. The molecule has 4 nitrogen and oxygen atoms in total. The molecule has 1 aromatic carbocycles. The summed E-state index contributed by atoms with van der Waals surface area (Å²) in [4.78, 5) is 12.2. The fraction of sp³-hybridized carbons (Fsp3) is 0.462. The van der Waals surface area contributed by atoms with E-state index in [-0.39, 0.29) is 11.8 Å². The van der Waals surface area contributed by atoms with Crippen molar-refractivity contribution in [1.82, 2.24) is 5.32 Å². The van der Waals surface area contributed by atoms with E-state index in [2.05, 4.69) is 33.5 Å². The first-order chi connectivity index (χ1) is 8.61. The minimum absolute atomic E-state index is 0.0219. The Morgan fingerprint density at radius 2 is 2.28 bits per heavy atom. The lowest BCUT2D eigenvalue weighted by Gasteiger charge is -2.16. The Kier molecular flexibility index (Phi) is 4.24. The minimum Gasteiger partial charge on any atom is -0.495 e. The highest BCUT2D eigenvalue weighted by molar-refractivity contribution is 9.10. The van der Waals surface area contributed by atoms with Crippen LogP contribution in [-0.2, 0) is 4.79 Å². The number of carbonyl (C=O) groups excluding carboxylic acids is 1. The van der Waals surface area contributed by atoms with Crippen LogP contribution in [0.3, 0.4) is 0 Å². The maximum atomic E-state index is 12.2. The summed E-state index contributed by atoms with van der Waals surface area (Å²) < 4.78 is 6.15. The number of amides is 1. The first-order valence-corrected chi connectivity index (χ1v) is 6.76. The molecule has 5 heteroatoms. The standard InChI is InChI=1S/C13H17BrN2O2/c1-8-6-15-7-10(8)13(17)16-11-5-9(14)3-4-12(11)18-2/h3-5,8,10,15H,6-7H2,1-2H3,(H,16,17). The van der Waals surface area contributed by atoms with Crippen LogP contribution >= 0.6 is 15.9 Å². The lowest BCUT2D eigenvalue weighted by atomic mass is 9.97. The van der Waals surface area contributed by atoms with Gasteiger partial charge < -0.3 is 15.4 Å². The second kappa shape index (κ2) is 5.71. The quantitative estimate of drug-likeness (QED) is 0.900. The van der Waals surface area contributed by atoms with Crippen LogP contribution in [0.1, 0.15) is 6.92 Å². The molecule has 1 saturated heterocycles. The fourth-order valence-electron chi connectivity index (χ4n) is 2.16. The maximum Gasteiger partial charge on any atom is 0.229 e. The van der Waals surface area contributed by atoms with Gasteiger partial charge in [0, 0.05) is 11.0 Å². The highest BCUT2D eigenvalue weighted by Gasteiger charge is 2.29. The molecule has 2 unspecified atom stereocenters. The van der Waals surface area contributed by atoms with Gasteiger partial charge in [0.1, 0.15) is 5.75 Å². The second-order valence-electron chi connectivity index (χ2n) is 4.58. The zero-order valence-electron chi connectivity index (χ0n) is 10.5. The number of nitrogens with one attached hydrogen (secondary N) is 2. The van der Waals surface area contributed by atoms with E-state index in [1.165, 1.54) is 0 Å². The molecule has 1 aromatic rings. The molecule has 1 amide bonds. The van der Waals surface area contributed by atoms with Crippen LogP contribution in [-0.4, -0.2) is 26.1 Å². The Morgan fingerprint density at radius 3 is 2.89 bits per heavy atom. The molecular weight excluding hydrogens is 296 g/mol. The summed E-state index contributed by atoms with van der Waals surface area (Å²) in [5, 5.41) is 6.17. The van der Waals surface area contributed by atoms with Gasteiger partial charge in [-0.2, -0.15) is 0 Å². The highest BCUT2D eigenvalue weighted by atomic mass is 79.9. The molecular formula is C13H17BrN2O2. The van der Waals surface area contributed by atoms with Gasteiger partial charge in [0.05, 0.1) is 18.7 Å². The molecule has 0 bridgehead atoms. The van der Waals surface area contributed by atoms with Crippen molar-refractivity contribution in [3.05, 3.63) is 22.7 Å². The van der Waals surface area contributed by atoms with Crippen LogP contribution in [0.5, 0.6) is 5.75 Å². The molecule has 0 aliphatic carbocycles. The first kappa shape index (κ1) is 13.4. The number of hydrogen-bond acceptors (Lipinski definition) is 3. The number of rotatable bonds is 3. The van der Waals surface area contributed by atoms with Gasteiger partial charge in [0.15, 0.2) is 0 Å². The molecule has 2 atom stereocenters. The van der Waals surface area contributed by atoms with Crippen LogP contribution < -0.4 is 15.4 Å². The predicted octanol–water partition coefficient (Wildman–Crippen LogP) is 2.25. The molecule has 1 fully saturated rings. The van der Waals surface area contributed by atoms with Crippen molar-refractivity contribution in [2.75, 3.05) is 25.5 Å². The molecule has 1 aliphatic heterocycles. The molecule has 2 rings (SSSR count). The monoisotopic (exact) mass is 312 g/mol. The third-order valence-electron chi connectivity index (χ3n) is 3.27. The van der Waals surface area contributed by atoms with Crippen molar-refractivity contribution in [1.29, 1.82) is 0 Å². The van der Waals surface area contributed by atoms with Gasteiger partial charge in [-0.1, -0.05) is 22.9 Å². The first-order valence-electron chi connectivity index (χ1n) is 5.97. The normalized spacial score (nSPS) is 22.8. The molecule has 1 aliphatic rings. The van der Waals surface area contributed by atoms with E-state index < -0.39 is 0 Å². The van der Waals surface area contributed by atoms with Crippen LogP contribution in [0.4, 0.5) is 5.69 Å². The van der Waals surface area contributed by atoms with Crippen molar-refractivity contribution in [2.24, 2.45) is 11.8 Å². The van der Waals surface area contributed by atoms with Gasteiger partial charge in [-0.3, -0.25) is 4.79 Å². The zero-order chi connectivity index (χ0) is 13.1. The average Bonchev–Trinajstić information content (AvgIpc) is 2.76. The molecule has 18 heavy (non-hydrogen) atoms. The Bertz CT molecular complexity index is 451. The lowest BCUT2D eigenvalue weighted by molar-refractivity contribution is -0.120. The Labute approximate surface area is 115 Å². The number of methoxy groups -OCH3 is 1. The van der Waals surface area contributed by atoms with Gasteiger partial charge in [0.25, 0.3) is 0 Å². The molecule has 2 N–H and O–H groups in total. The number of anilines is 1. The largest absolute Gasteiger partial charge is 0.495 e. The van der Waals surface area contributed by atoms with E-state index in [9.17, 15) is 4.79 Å². The number of benzene rings is 1. The van der Waals surface area contributed by atoms with E-state index in [1.807, 2.05) is 18.2 Å². The van der Waals surface area contributed by atoms with Crippen molar-refractivity contribution >= 4 is 27.5 Å². The van der Waals surface area contributed by atoms with Crippen molar-refractivity contribution < 1.29 is 9.53 Å². The van der Waals surface area contributed by atoms with Gasteiger partial charge in [-0.25, -0.2) is 0 Å². The number of carbonyl (C=O) groups is 1. The summed E-state index contributed by atoms with van der Waals surface area (Å²) >= 11 is 3.39. The van der Waals surface area contributed by atoms with Crippen molar-refractivity contribution in [3.8, 4) is 5.75 Å². The third-order valence-corrected chi connectivity index (χ3v) is 3.77. The summed E-state index contributed by atoms with van der Waals surface area (Å²) in [5.74, 6) is 1.10. The Balaban J connectivity index is 2.13. The van der Waals surface area contributed by atoms with Gasteiger partial charge in [0.2, 0.25) is 5.91 Å². The van der Waals surface area contributed by atoms with E-state index in [0.717, 1.165) is 17.6 Å². The predicted molar refractivity (Wildman–Crippen MR) is 74.8 cm³/mol. The number of hydrogen-bond donors (Lipinski definition) is 2. The van der Waals surface area contributed by atoms with Gasteiger partial charge in [-0.05, 0) is 30.7 Å². The summed E-state index contributed by atoms with van der Waals surface area (Å²) in [5.41, 5.74) is 0.705. The molecule has 0 saturated carbocycles. The summed E-state index contributed by atoms with van der Waals surface area (Å²) in [6.07, 6.45) is 0. The van der Waals surface area contributed by atoms with Crippen molar-refractivity contribution in [3.63, 3.8) is 0 Å². The SMILES string of the molecule is COc1ccc(Br)cc1NC(=O)C1CNCC1C. The van der Waals surface area contributed by atoms with Gasteiger partial charge >= 0.3 is 0 Å². The fourth-order valence-corrected chi connectivity index (χ4v) is 2.53. The Morgan fingerprint density at radius 1 is 1.50 bits per heavy atom. The van der Waals surface area contributed by atoms with Gasteiger partial charge in [-0.15, -0.1) is 0 Å². The Hall–Kier alpha value is -1.07. The molecule has 0 spiro atoms. The molecule has 1 heterocycles. The maximum absolute atomic E-state index is 12.2. The van der Waals surface area contributed by atoms with Crippen LogP contribution in [0.15, 0.2) is 22.7 Å². The summed E-state index contributed by atoms with van der Waals surface area (Å²) in [7, 11) is 1.60. The molecule has 0 aromatic heterocycles. The molecule has 98 valence electrons. The summed E-state index contributed by atoms with van der Waals surface area (Å²) in [6, 6.07) is 5.56. The molecule has 0 radical (unpaired) electrons.